The van der Waals surface area contributed by atoms with Crippen LogP contribution in [0, 0.1) is 0 Å². The summed E-state index contributed by atoms with van der Waals surface area (Å²) >= 11 is 0. The van der Waals surface area contributed by atoms with Crippen LogP contribution in [0.1, 0.15) is 48.4 Å². The number of rotatable bonds is 2. The predicted octanol–water partition coefficient (Wildman–Crippen LogP) is 1.95. The molecule has 1 saturated heterocycles. The van der Waals surface area contributed by atoms with Gasteiger partial charge in [0.1, 0.15) is 5.60 Å². The molecule has 8 heteroatoms. The van der Waals surface area contributed by atoms with Gasteiger partial charge in [-0.15, -0.1) is 0 Å². The molecule has 0 unspecified atom stereocenters. The Labute approximate surface area is 153 Å². The van der Waals surface area contributed by atoms with Gasteiger partial charge in [0.2, 0.25) is 0 Å². The summed E-state index contributed by atoms with van der Waals surface area (Å²) in [5.74, 6) is -0.898. The highest BCUT2D eigenvalue weighted by atomic mass is 16.6. The number of pyridine rings is 1. The van der Waals surface area contributed by atoms with E-state index in [1.54, 1.807) is 9.80 Å². The van der Waals surface area contributed by atoms with Gasteiger partial charge in [-0.2, -0.15) is 0 Å². The minimum Gasteiger partial charge on any atom is -0.465 e. The number of carbonyl (C=O) groups is 3. The molecule has 1 fully saturated rings. The smallest absolute Gasteiger partial charge is 0.410 e. The van der Waals surface area contributed by atoms with E-state index >= 15 is 0 Å². The van der Waals surface area contributed by atoms with Gasteiger partial charge in [0.05, 0.1) is 18.2 Å². The van der Waals surface area contributed by atoms with Crippen LogP contribution in [0.4, 0.5) is 4.79 Å². The Balaban J connectivity index is 2.11. The maximum Gasteiger partial charge on any atom is 0.410 e. The van der Waals surface area contributed by atoms with Gasteiger partial charge in [-0.3, -0.25) is 9.78 Å². The highest BCUT2D eigenvalue weighted by Gasteiger charge is 2.33. The molecule has 0 spiro atoms. The Morgan fingerprint density at radius 3 is 2.46 bits per heavy atom. The molecule has 1 aliphatic rings. The highest BCUT2D eigenvalue weighted by Crippen LogP contribution is 2.18. The summed E-state index contributed by atoms with van der Waals surface area (Å²) in [4.78, 5) is 44.1. The first-order valence-corrected chi connectivity index (χ1v) is 8.45. The molecule has 0 radical (unpaired) electrons. The monoisotopic (exact) mass is 363 g/mol. The van der Waals surface area contributed by atoms with E-state index in [9.17, 15) is 14.4 Å². The van der Waals surface area contributed by atoms with E-state index < -0.39 is 17.7 Å². The van der Waals surface area contributed by atoms with Crippen molar-refractivity contribution in [2.75, 3.05) is 26.7 Å². The Morgan fingerprint density at radius 2 is 1.88 bits per heavy atom. The molecular formula is C18H25N3O5. The van der Waals surface area contributed by atoms with E-state index in [0.29, 0.717) is 19.6 Å². The van der Waals surface area contributed by atoms with Crippen LogP contribution in [0.2, 0.25) is 0 Å². The highest BCUT2D eigenvalue weighted by molar-refractivity contribution is 6.05. The molecule has 1 aliphatic heterocycles. The summed E-state index contributed by atoms with van der Waals surface area (Å²) in [5.41, 5.74) is -0.206. The maximum absolute atomic E-state index is 12.8. The number of ether oxygens (including phenoxy) is 2. The molecule has 2 rings (SSSR count). The topological polar surface area (TPSA) is 89.0 Å². The van der Waals surface area contributed by atoms with E-state index in [4.69, 9.17) is 9.47 Å². The van der Waals surface area contributed by atoms with E-state index in [-0.39, 0.29) is 23.1 Å². The Kier molecular flexibility index (Phi) is 5.84. The molecule has 0 saturated carbocycles. The standard InChI is InChI=1S/C18H25N3O5/c1-12-11-20(8-9-21(12)17(24)26-18(2,3)4)15(22)13-6-7-19-10-14(13)16(23)25-5/h6-7,10,12H,8-9,11H2,1-5H3/t12-/m0/s1. The number of hydrogen-bond donors (Lipinski definition) is 0. The van der Waals surface area contributed by atoms with Crippen molar-refractivity contribution >= 4 is 18.0 Å². The number of methoxy groups -OCH3 is 1. The summed E-state index contributed by atoms with van der Waals surface area (Å²) in [7, 11) is 1.26. The van der Waals surface area contributed by atoms with Crippen LogP contribution < -0.4 is 0 Å². The van der Waals surface area contributed by atoms with E-state index in [0.717, 1.165) is 0 Å². The zero-order valence-corrected chi connectivity index (χ0v) is 15.8. The number of nitrogens with zero attached hydrogens (tertiary/aromatic N) is 3. The van der Waals surface area contributed by atoms with Gasteiger partial charge in [0, 0.05) is 38.1 Å². The molecule has 2 heterocycles. The molecule has 0 aromatic carbocycles. The van der Waals surface area contributed by atoms with Crippen LogP contribution >= 0.6 is 0 Å². The van der Waals surface area contributed by atoms with E-state index in [1.807, 2.05) is 27.7 Å². The van der Waals surface area contributed by atoms with Gasteiger partial charge in [0.15, 0.2) is 0 Å². The first-order chi connectivity index (χ1) is 12.1. The van der Waals surface area contributed by atoms with Gasteiger partial charge < -0.3 is 19.3 Å². The third-order valence-corrected chi connectivity index (χ3v) is 4.00. The zero-order valence-electron chi connectivity index (χ0n) is 15.8. The average Bonchev–Trinajstić information content (AvgIpc) is 2.58. The van der Waals surface area contributed by atoms with Crippen molar-refractivity contribution < 1.29 is 23.9 Å². The lowest BCUT2D eigenvalue weighted by atomic mass is 10.1. The van der Waals surface area contributed by atoms with Crippen LogP contribution in [0.15, 0.2) is 18.5 Å². The molecule has 142 valence electrons. The number of piperazine rings is 1. The molecular weight excluding hydrogens is 338 g/mol. The third kappa shape index (κ3) is 4.50. The molecule has 2 amide bonds. The van der Waals surface area contributed by atoms with Crippen LogP contribution in [-0.4, -0.2) is 71.1 Å². The Hall–Kier alpha value is -2.64. The lowest BCUT2D eigenvalue weighted by Crippen LogP contribution is -2.56. The van der Waals surface area contributed by atoms with Gasteiger partial charge >= 0.3 is 12.1 Å². The summed E-state index contributed by atoms with van der Waals surface area (Å²) < 4.78 is 10.1. The summed E-state index contributed by atoms with van der Waals surface area (Å²) in [6.07, 6.45) is 2.38. The van der Waals surface area contributed by atoms with Crippen LogP contribution in [0.25, 0.3) is 0 Å². The average molecular weight is 363 g/mol. The minimum absolute atomic E-state index is 0.127. The van der Waals surface area contributed by atoms with Crippen LogP contribution in [-0.2, 0) is 9.47 Å². The van der Waals surface area contributed by atoms with Crippen molar-refractivity contribution in [1.82, 2.24) is 14.8 Å². The van der Waals surface area contributed by atoms with Crippen LogP contribution in [0.3, 0.4) is 0 Å². The molecule has 26 heavy (non-hydrogen) atoms. The Morgan fingerprint density at radius 1 is 1.19 bits per heavy atom. The van der Waals surface area contributed by atoms with Gasteiger partial charge in [-0.1, -0.05) is 0 Å². The minimum atomic E-state index is -0.609. The van der Waals surface area contributed by atoms with Gasteiger partial charge in [0.25, 0.3) is 5.91 Å². The summed E-state index contributed by atoms with van der Waals surface area (Å²) in [6, 6.07) is 1.30. The van der Waals surface area contributed by atoms with Gasteiger partial charge in [-0.25, -0.2) is 9.59 Å². The molecule has 0 N–H and O–H groups in total. The Bertz CT molecular complexity index is 698. The van der Waals surface area contributed by atoms with E-state index in [1.165, 1.54) is 25.6 Å². The largest absolute Gasteiger partial charge is 0.465 e. The fourth-order valence-electron chi connectivity index (χ4n) is 2.76. The summed E-state index contributed by atoms with van der Waals surface area (Å²) in [5, 5.41) is 0. The first-order valence-electron chi connectivity index (χ1n) is 8.45. The normalized spacial score (nSPS) is 17.7. The molecule has 0 aliphatic carbocycles. The van der Waals surface area contributed by atoms with Gasteiger partial charge in [-0.05, 0) is 33.8 Å². The second-order valence-electron chi connectivity index (χ2n) is 7.19. The molecule has 1 aromatic rings. The number of amides is 2. The maximum atomic E-state index is 12.8. The van der Waals surface area contributed by atoms with Crippen molar-refractivity contribution in [3.63, 3.8) is 0 Å². The van der Waals surface area contributed by atoms with E-state index in [2.05, 4.69) is 4.98 Å². The van der Waals surface area contributed by atoms with Crippen molar-refractivity contribution in [2.45, 2.75) is 39.3 Å². The molecule has 1 aromatic heterocycles. The van der Waals surface area contributed by atoms with Crippen molar-refractivity contribution in [2.24, 2.45) is 0 Å². The fraction of sp³-hybridized carbons (Fsp3) is 0.556. The SMILES string of the molecule is COC(=O)c1cnccc1C(=O)N1CCN(C(=O)OC(C)(C)C)[C@@H](C)C1. The fourth-order valence-corrected chi connectivity index (χ4v) is 2.76. The first kappa shape index (κ1) is 19.7. The number of esters is 1. The van der Waals surface area contributed by atoms with Crippen LogP contribution in [0.5, 0.6) is 0 Å². The number of aromatic nitrogens is 1. The molecule has 0 bridgehead atoms. The molecule has 1 atom stereocenters. The number of hydrogen-bond acceptors (Lipinski definition) is 6. The second kappa shape index (κ2) is 7.72. The second-order valence-corrected chi connectivity index (χ2v) is 7.19. The number of carbonyl (C=O) groups excluding carboxylic acids is 3. The lowest BCUT2D eigenvalue weighted by Gasteiger charge is -2.40. The zero-order chi connectivity index (χ0) is 19.5. The molecule has 8 nitrogen and oxygen atoms in total. The van der Waals surface area contributed by atoms with Crippen molar-refractivity contribution in [3.05, 3.63) is 29.6 Å². The summed E-state index contributed by atoms with van der Waals surface area (Å²) in [6.45, 7) is 8.36. The van der Waals surface area contributed by atoms with Crippen molar-refractivity contribution in [3.8, 4) is 0 Å². The quantitative estimate of drug-likeness (QED) is 0.746. The lowest BCUT2D eigenvalue weighted by molar-refractivity contribution is 0.00197. The van der Waals surface area contributed by atoms with Crippen molar-refractivity contribution in [1.29, 1.82) is 0 Å². The third-order valence-electron chi connectivity index (χ3n) is 4.00. The predicted molar refractivity (Wildman–Crippen MR) is 93.9 cm³/mol.